The van der Waals surface area contributed by atoms with E-state index in [-0.39, 0.29) is 12.8 Å². The van der Waals surface area contributed by atoms with Crippen LogP contribution in [-0.2, 0) is 41.8 Å². The summed E-state index contributed by atoms with van der Waals surface area (Å²) in [5.74, 6) is -1.22. The van der Waals surface area contributed by atoms with Crippen molar-refractivity contribution in [1.82, 2.24) is 0 Å². The maximum absolute atomic E-state index is 12.6. The standard InChI is InChI=1S/C44H76O14P2/c1-3-5-7-9-11-13-15-17-19-21-23-25-28-32-40(45)33-29-27-31-34-43(47)54-38-42(39-57-60(52,53)56-37-41(46)36-55-59(49,50)51)58-44(48)35-30-26-24-22-20-18-16-14-12-10-8-6-4-2/h5,7,11,13,17,19,23,25,27-29,32,40-42,45-46H,3-4,6,8-10,12,14-16,18,20-22,24,26,30-31,33-39H2,1-2H3,(H,52,53)(H2,49,50,51)/b7-5-,13-11-,19-17-,25-23-,29-27-,32-28-/t40?,41-,42+/m0/s1. The molecular formula is C44H76O14P2. The third kappa shape index (κ3) is 42.2. The molecule has 0 radical (unpaired) electrons. The summed E-state index contributed by atoms with van der Waals surface area (Å²) in [6.45, 7) is 1.44. The molecule has 0 aromatic heterocycles. The molecule has 5 N–H and O–H groups in total. The van der Waals surface area contributed by atoms with Crippen LogP contribution >= 0.6 is 15.6 Å². The molecule has 0 aliphatic heterocycles. The first-order valence-electron chi connectivity index (χ1n) is 21.7. The lowest BCUT2D eigenvalue weighted by Gasteiger charge is -2.20. The summed E-state index contributed by atoms with van der Waals surface area (Å²) in [4.78, 5) is 52.6. The fraction of sp³-hybridized carbons (Fsp3) is 0.682. The summed E-state index contributed by atoms with van der Waals surface area (Å²) in [5.41, 5.74) is 0. The van der Waals surface area contributed by atoms with Crippen LogP contribution in [0.2, 0.25) is 0 Å². The number of hydrogen-bond acceptors (Lipinski definition) is 11. The van der Waals surface area contributed by atoms with E-state index in [0.29, 0.717) is 19.3 Å². The zero-order chi connectivity index (χ0) is 44.6. The van der Waals surface area contributed by atoms with Gasteiger partial charge >= 0.3 is 27.6 Å². The first-order valence-corrected chi connectivity index (χ1v) is 24.8. The quantitative estimate of drug-likeness (QED) is 0.0127. The molecule has 0 spiro atoms. The van der Waals surface area contributed by atoms with Crippen LogP contribution in [0, 0.1) is 0 Å². The van der Waals surface area contributed by atoms with Gasteiger partial charge in [0.1, 0.15) is 12.7 Å². The Morgan fingerprint density at radius 2 is 1.10 bits per heavy atom. The molecule has 0 saturated carbocycles. The lowest BCUT2D eigenvalue weighted by Crippen LogP contribution is -2.29. The molecule has 0 aromatic rings. The van der Waals surface area contributed by atoms with Crippen LogP contribution < -0.4 is 0 Å². The van der Waals surface area contributed by atoms with Crippen molar-refractivity contribution >= 4 is 27.6 Å². The monoisotopic (exact) mass is 890 g/mol. The van der Waals surface area contributed by atoms with E-state index in [1.54, 1.807) is 24.3 Å². The first-order chi connectivity index (χ1) is 28.8. The molecule has 16 heteroatoms. The van der Waals surface area contributed by atoms with Crippen molar-refractivity contribution in [3.63, 3.8) is 0 Å². The molecule has 0 heterocycles. The summed E-state index contributed by atoms with van der Waals surface area (Å²) < 4.78 is 47.6. The van der Waals surface area contributed by atoms with Crippen molar-refractivity contribution in [3.05, 3.63) is 72.9 Å². The predicted octanol–water partition coefficient (Wildman–Crippen LogP) is 9.98. The minimum Gasteiger partial charge on any atom is -0.462 e. The highest BCUT2D eigenvalue weighted by molar-refractivity contribution is 7.47. The molecule has 4 atom stereocenters. The molecule has 0 amide bonds. The number of ether oxygens (including phenoxy) is 2. The van der Waals surface area contributed by atoms with E-state index >= 15 is 0 Å². The Hall–Kier alpha value is -2.48. The van der Waals surface area contributed by atoms with Gasteiger partial charge < -0.3 is 34.4 Å². The van der Waals surface area contributed by atoms with E-state index in [4.69, 9.17) is 23.8 Å². The Balaban J connectivity index is 4.72. The fourth-order valence-corrected chi connectivity index (χ4v) is 6.55. The first kappa shape index (κ1) is 57.5. The van der Waals surface area contributed by atoms with E-state index < -0.39 is 72.3 Å². The van der Waals surface area contributed by atoms with Gasteiger partial charge in [-0.3, -0.25) is 23.2 Å². The van der Waals surface area contributed by atoms with Gasteiger partial charge in [-0.15, -0.1) is 0 Å². The van der Waals surface area contributed by atoms with Gasteiger partial charge in [0.25, 0.3) is 0 Å². The maximum Gasteiger partial charge on any atom is 0.472 e. The second-order valence-corrected chi connectivity index (χ2v) is 17.1. The lowest BCUT2D eigenvalue weighted by atomic mass is 10.0. The van der Waals surface area contributed by atoms with Crippen molar-refractivity contribution in [2.75, 3.05) is 26.4 Å². The highest BCUT2D eigenvalue weighted by Crippen LogP contribution is 2.43. The Morgan fingerprint density at radius 3 is 1.68 bits per heavy atom. The Kier molecular flexibility index (Phi) is 37.7. The van der Waals surface area contributed by atoms with Crippen LogP contribution in [-0.4, -0.2) is 81.6 Å². The molecule has 346 valence electrons. The zero-order valence-electron chi connectivity index (χ0n) is 36.1. The average molecular weight is 891 g/mol. The van der Waals surface area contributed by atoms with Crippen molar-refractivity contribution in [2.24, 2.45) is 0 Å². The molecule has 60 heavy (non-hydrogen) atoms. The number of rotatable bonds is 40. The smallest absolute Gasteiger partial charge is 0.462 e. The van der Waals surface area contributed by atoms with Gasteiger partial charge in [-0.2, -0.15) is 0 Å². The fourth-order valence-electron chi connectivity index (χ4n) is 5.40. The van der Waals surface area contributed by atoms with Gasteiger partial charge in [0.15, 0.2) is 6.10 Å². The SMILES string of the molecule is CC/C=C\C/C=C\C/C=C\C/C=C\C=C/C(O)C/C=C\CCC(=O)OC[C@H](COP(=O)(O)OC[C@@H](O)COP(=O)(O)O)OC(=O)CCCCCCCCCCCCCCC. The van der Waals surface area contributed by atoms with Crippen molar-refractivity contribution in [2.45, 2.75) is 167 Å². The number of esters is 2. The molecule has 0 fully saturated rings. The van der Waals surface area contributed by atoms with Gasteiger partial charge in [0.2, 0.25) is 0 Å². The maximum atomic E-state index is 12.6. The molecular weight excluding hydrogens is 814 g/mol. The number of aliphatic hydroxyl groups is 2. The van der Waals surface area contributed by atoms with Gasteiger partial charge in [-0.1, -0.05) is 164 Å². The minimum absolute atomic E-state index is 0.0129. The second kappa shape index (κ2) is 39.4. The Morgan fingerprint density at radius 1 is 0.567 bits per heavy atom. The van der Waals surface area contributed by atoms with E-state index in [1.165, 1.54) is 51.4 Å². The number of aliphatic hydroxyl groups excluding tert-OH is 2. The van der Waals surface area contributed by atoms with Crippen molar-refractivity contribution in [3.8, 4) is 0 Å². The molecule has 0 bridgehead atoms. The van der Waals surface area contributed by atoms with Crippen LogP contribution in [0.4, 0.5) is 0 Å². The summed E-state index contributed by atoms with van der Waals surface area (Å²) >= 11 is 0. The van der Waals surface area contributed by atoms with Crippen LogP contribution in [0.3, 0.4) is 0 Å². The number of phosphoric ester groups is 2. The third-order valence-corrected chi connectivity index (χ3v) is 10.1. The van der Waals surface area contributed by atoms with Gasteiger partial charge in [-0.05, 0) is 44.9 Å². The zero-order valence-corrected chi connectivity index (χ0v) is 37.9. The number of unbranched alkanes of at least 4 members (excludes halogenated alkanes) is 12. The second-order valence-electron chi connectivity index (χ2n) is 14.4. The van der Waals surface area contributed by atoms with Gasteiger partial charge in [0, 0.05) is 12.8 Å². The summed E-state index contributed by atoms with van der Waals surface area (Å²) in [6.07, 6.45) is 39.3. The van der Waals surface area contributed by atoms with Crippen LogP contribution in [0.15, 0.2) is 72.9 Å². The average Bonchev–Trinajstić information content (AvgIpc) is 3.20. The normalized spacial score (nSPS) is 15.2. The summed E-state index contributed by atoms with van der Waals surface area (Å²) in [7, 11) is -9.73. The molecule has 14 nitrogen and oxygen atoms in total. The van der Waals surface area contributed by atoms with E-state index in [9.17, 15) is 33.8 Å². The molecule has 0 aromatic carbocycles. The van der Waals surface area contributed by atoms with Crippen LogP contribution in [0.1, 0.15) is 149 Å². The molecule has 0 saturated heterocycles. The number of hydrogen-bond donors (Lipinski definition) is 5. The molecule has 0 aliphatic carbocycles. The van der Waals surface area contributed by atoms with Crippen LogP contribution in [0.5, 0.6) is 0 Å². The van der Waals surface area contributed by atoms with E-state index in [0.717, 1.165) is 51.4 Å². The number of carbonyl (C=O) groups is 2. The molecule has 0 rings (SSSR count). The highest BCUT2D eigenvalue weighted by atomic mass is 31.2. The number of allylic oxidation sites excluding steroid dienone is 10. The topological polar surface area (TPSA) is 216 Å². The Bertz CT molecular complexity index is 1350. The van der Waals surface area contributed by atoms with Crippen molar-refractivity contribution < 1.29 is 66.7 Å². The van der Waals surface area contributed by atoms with Gasteiger partial charge in [0.05, 0.1) is 25.9 Å². The molecule has 0 aliphatic rings. The summed E-state index contributed by atoms with van der Waals surface area (Å²) in [6, 6.07) is 0. The molecule has 2 unspecified atom stereocenters. The van der Waals surface area contributed by atoms with Crippen molar-refractivity contribution in [1.29, 1.82) is 0 Å². The predicted molar refractivity (Wildman–Crippen MR) is 236 cm³/mol. The largest absolute Gasteiger partial charge is 0.472 e. The third-order valence-electron chi connectivity index (χ3n) is 8.69. The number of phosphoric acid groups is 2. The summed E-state index contributed by atoms with van der Waals surface area (Å²) in [5, 5.41) is 19.9. The van der Waals surface area contributed by atoms with E-state index in [2.05, 4.69) is 59.4 Å². The van der Waals surface area contributed by atoms with E-state index in [1.807, 2.05) is 12.2 Å². The Labute approximate surface area is 359 Å². The highest BCUT2D eigenvalue weighted by Gasteiger charge is 2.28. The lowest BCUT2D eigenvalue weighted by molar-refractivity contribution is -0.161. The van der Waals surface area contributed by atoms with Gasteiger partial charge in [-0.25, -0.2) is 9.13 Å². The number of carbonyl (C=O) groups excluding carboxylic acids is 2. The van der Waals surface area contributed by atoms with Crippen LogP contribution in [0.25, 0.3) is 0 Å². The minimum atomic E-state index is -4.88.